The molecule has 0 bridgehead atoms. The third kappa shape index (κ3) is 2.14. The number of hydrogen-bond acceptors (Lipinski definition) is 1. The second-order valence-corrected chi connectivity index (χ2v) is 4.73. The molecule has 0 aromatic rings. The fourth-order valence-electron chi connectivity index (χ4n) is 0.653. The molecule has 60 valence electrons. The Morgan fingerprint density at radius 3 is 2.20 bits per heavy atom. The normalized spacial score (nSPS) is 14.8. The van der Waals surface area contributed by atoms with Gasteiger partial charge in [-0.1, -0.05) is 0 Å². The van der Waals surface area contributed by atoms with Crippen molar-refractivity contribution in [2.75, 3.05) is 0 Å². The molecular weight excluding hydrogens is 244 g/mol. The van der Waals surface area contributed by atoms with Gasteiger partial charge >= 0.3 is 74.7 Å². The summed E-state index contributed by atoms with van der Waals surface area (Å²) in [5.74, 6) is -0.694. The van der Waals surface area contributed by atoms with Crippen molar-refractivity contribution in [1.29, 1.82) is 0 Å². The average molecular weight is 258 g/mol. The van der Waals surface area contributed by atoms with Crippen LogP contribution in [0, 0.1) is 5.41 Å². The topological polar surface area (TPSA) is 37.3 Å². The Morgan fingerprint density at radius 2 is 2.10 bits per heavy atom. The van der Waals surface area contributed by atoms with Crippen LogP contribution in [0.2, 0.25) is 3.97 Å². The summed E-state index contributed by atoms with van der Waals surface area (Å²) >= 11 is 1.61. The maximum atomic E-state index is 10.6. The van der Waals surface area contributed by atoms with Crippen molar-refractivity contribution in [2.24, 2.45) is 5.41 Å². The Kier molecular flexibility index (Phi) is 3.69. The Morgan fingerprint density at radius 1 is 1.70 bits per heavy atom. The predicted octanol–water partition coefficient (Wildman–Crippen LogP) is 1.20. The zero-order valence-electron chi connectivity index (χ0n) is 6.59. The first-order chi connectivity index (χ1) is 4.42. The third-order valence-electron chi connectivity index (χ3n) is 1.77. The fraction of sp³-hybridized carbons (Fsp3) is 0.857. The van der Waals surface area contributed by atoms with Crippen LogP contribution in [0.15, 0.2) is 0 Å². The first kappa shape index (κ1) is 10.3. The molecule has 0 spiro atoms. The van der Waals surface area contributed by atoms with E-state index in [0.29, 0.717) is 3.97 Å². The summed E-state index contributed by atoms with van der Waals surface area (Å²) in [4.78, 5) is 10.6. The SMILES string of the molecule is CCC([TeH])C(C)(C)C(=O)O. The summed E-state index contributed by atoms with van der Waals surface area (Å²) in [6.45, 7) is 5.58. The van der Waals surface area contributed by atoms with E-state index in [1.165, 1.54) is 0 Å². The van der Waals surface area contributed by atoms with E-state index >= 15 is 0 Å². The number of carbonyl (C=O) groups is 1. The Labute approximate surface area is 74.9 Å². The van der Waals surface area contributed by atoms with Gasteiger partial charge in [0.1, 0.15) is 0 Å². The van der Waals surface area contributed by atoms with Crippen molar-refractivity contribution < 1.29 is 9.90 Å². The van der Waals surface area contributed by atoms with Crippen LogP contribution in [0.5, 0.6) is 0 Å². The standard InChI is InChI=1S/C7H14O2Te/c1-4-5(10)7(2,3)6(8)9/h5,10H,4H2,1-3H3,(H,8,9). The van der Waals surface area contributed by atoms with Gasteiger partial charge in [-0.3, -0.25) is 0 Å². The molecule has 0 fully saturated rings. The van der Waals surface area contributed by atoms with Crippen LogP contribution in [0.1, 0.15) is 27.2 Å². The molecule has 0 heterocycles. The van der Waals surface area contributed by atoms with Crippen LogP contribution in [-0.4, -0.2) is 33.4 Å². The van der Waals surface area contributed by atoms with Gasteiger partial charge < -0.3 is 0 Å². The van der Waals surface area contributed by atoms with E-state index in [1.807, 2.05) is 6.92 Å². The van der Waals surface area contributed by atoms with E-state index in [9.17, 15) is 4.79 Å². The van der Waals surface area contributed by atoms with Crippen molar-refractivity contribution >= 4 is 28.3 Å². The van der Waals surface area contributed by atoms with Crippen LogP contribution in [0.4, 0.5) is 0 Å². The molecule has 1 unspecified atom stereocenters. The van der Waals surface area contributed by atoms with E-state index in [1.54, 1.807) is 36.1 Å². The van der Waals surface area contributed by atoms with E-state index in [0.717, 1.165) is 6.42 Å². The van der Waals surface area contributed by atoms with Gasteiger partial charge in [-0.25, -0.2) is 0 Å². The minimum atomic E-state index is -0.694. The molecule has 0 aliphatic rings. The van der Waals surface area contributed by atoms with Gasteiger partial charge in [-0.2, -0.15) is 0 Å². The summed E-state index contributed by atoms with van der Waals surface area (Å²) in [6.07, 6.45) is 0.938. The predicted molar refractivity (Wildman–Crippen MR) is 42.6 cm³/mol. The fourth-order valence-corrected chi connectivity index (χ4v) is 0.968. The van der Waals surface area contributed by atoms with Crippen molar-refractivity contribution in [3.05, 3.63) is 0 Å². The maximum absolute atomic E-state index is 10.6. The van der Waals surface area contributed by atoms with Crippen molar-refractivity contribution in [2.45, 2.75) is 31.2 Å². The molecule has 1 N–H and O–H groups in total. The zero-order chi connectivity index (χ0) is 8.36. The van der Waals surface area contributed by atoms with Gasteiger partial charge in [0.2, 0.25) is 0 Å². The molecule has 1 atom stereocenters. The molecule has 0 aromatic heterocycles. The quantitative estimate of drug-likeness (QED) is 0.772. The molecule has 0 aliphatic carbocycles. The number of rotatable bonds is 3. The number of hydrogen-bond donors (Lipinski definition) is 1. The second kappa shape index (κ2) is 3.59. The summed E-state index contributed by atoms with van der Waals surface area (Å²) in [7, 11) is 0. The van der Waals surface area contributed by atoms with E-state index in [-0.39, 0.29) is 0 Å². The van der Waals surface area contributed by atoms with E-state index in [2.05, 4.69) is 0 Å². The molecule has 2 nitrogen and oxygen atoms in total. The molecule has 0 saturated carbocycles. The summed E-state index contributed by atoms with van der Waals surface area (Å²) in [6, 6.07) is 0. The summed E-state index contributed by atoms with van der Waals surface area (Å²) in [5, 5.41) is 8.75. The molecule has 10 heavy (non-hydrogen) atoms. The molecule has 0 radical (unpaired) electrons. The molecule has 0 rings (SSSR count). The van der Waals surface area contributed by atoms with Gasteiger partial charge in [0.25, 0.3) is 0 Å². The molecule has 0 saturated heterocycles. The summed E-state index contributed by atoms with van der Waals surface area (Å²) < 4.78 is 0.291. The van der Waals surface area contributed by atoms with Crippen molar-refractivity contribution in [3.8, 4) is 0 Å². The molecule has 0 aromatic carbocycles. The van der Waals surface area contributed by atoms with Crippen molar-refractivity contribution in [1.82, 2.24) is 0 Å². The molecule has 0 aliphatic heterocycles. The van der Waals surface area contributed by atoms with Crippen LogP contribution in [0.3, 0.4) is 0 Å². The number of aliphatic carboxylic acids is 1. The third-order valence-corrected chi connectivity index (χ3v) is 4.66. The van der Waals surface area contributed by atoms with Gasteiger partial charge in [0.05, 0.1) is 0 Å². The number of carboxylic acids is 1. The van der Waals surface area contributed by atoms with Gasteiger partial charge in [0, 0.05) is 0 Å². The first-order valence-electron chi connectivity index (χ1n) is 3.34. The second-order valence-electron chi connectivity index (χ2n) is 2.95. The Bertz CT molecular complexity index is 132. The average Bonchev–Trinajstić information content (AvgIpc) is 1.86. The van der Waals surface area contributed by atoms with E-state index < -0.39 is 11.4 Å². The number of carboxylic acid groups (broad SMARTS) is 1. The monoisotopic (exact) mass is 260 g/mol. The first-order valence-corrected chi connectivity index (χ1v) is 4.81. The zero-order valence-corrected chi connectivity index (χ0v) is 9.14. The van der Waals surface area contributed by atoms with Crippen LogP contribution in [-0.2, 0) is 4.79 Å². The Hall–Kier alpha value is 0.260. The molecular formula is C7H14O2Te. The molecule has 3 heteroatoms. The van der Waals surface area contributed by atoms with E-state index in [4.69, 9.17) is 5.11 Å². The molecule has 0 amide bonds. The van der Waals surface area contributed by atoms with Crippen LogP contribution >= 0.6 is 0 Å². The van der Waals surface area contributed by atoms with Crippen molar-refractivity contribution in [3.63, 3.8) is 0 Å². The van der Waals surface area contributed by atoms with Gasteiger partial charge in [0.15, 0.2) is 0 Å². The minimum absolute atomic E-state index is 0.291. The van der Waals surface area contributed by atoms with Gasteiger partial charge in [-0.15, -0.1) is 0 Å². The Balaban J connectivity index is 4.23. The van der Waals surface area contributed by atoms with Gasteiger partial charge in [-0.05, 0) is 0 Å². The van der Waals surface area contributed by atoms with Crippen LogP contribution < -0.4 is 0 Å². The van der Waals surface area contributed by atoms with Crippen LogP contribution in [0.25, 0.3) is 0 Å². The summed E-state index contributed by atoms with van der Waals surface area (Å²) in [5.41, 5.74) is -0.552.